The predicted octanol–water partition coefficient (Wildman–Crippen LogP) is 8.20. The molecule has 2 aromatic heterocycles. The molecule has 9 heteroatoms. The number of carbonyl (C=O) groups excluding carboxylic acids is 1. The van der Waals surface area contributed by atoms with Crippen LogP contribution in [-0.4, -0.2) is 16.0 Å². The Balaban J connectivity index is 1.24. The SMILES string of the molecule is Cc1ccc2oc(-c3ccc(C)c(NC(=S)NC(=O)/C=C/c4ccc(-c5cc(Cl)cc(Cl)c5)o4)c3)nc2c1. The molecule has 0 atom stereocenters. The van der Waals surface area contributed by atoms with Gasteiger partial charge in [-0.2, -0.15) is 0 Å². The molecule has 0 aliphatic carbocycles. The Morgan fingerprint density at radius 1 is 0.921 bits per heavy atom. The predicted molar refractivity (Wildman–Crippen MR) is 156 cm³/mol. The second-order valence-corrected chi connectivity index (χ2v) is 9.94. The highest BCUT2D eigenvalue weighted by Crippen LogP contribution is 2.30. The minimum Gasteiger partial charge on any atom is -0.457 e. The van der Waals surface area contributed by atoms with Crippen LogP contribution in [0.1, 0.15) is 16.9 Å². The number of thiocarbonyl (C=S) groups is 1. The maximum absolute atomic E-state index is 12.5. The first-order valence-electron chi connectivity index (χ1n) is 11.6. The van der Waals surface area contributed by atoms with Gasteiger partial charge in [0.2, 0.25) is 11.8 Å². The van der Waals surface area contributed by atoms with Gasteiger partial charge in [-0.3, -0.25) is 10.1 Å². The maximum Gasteiger partial charge on any atom is 0.250 e. The topological polar surface area (TPSA) is 80.3 Å². The van der Waals surface area contributed by atoms with E-state index in [-0.39, 0.29) is 5.11 Å². The number of fused-ring (bicyclic) bond motifs is 1. The summed E-state index contributed by atoms with van der Waals surface area (Å²) in [4.78, 5) is 17.1. The molecule has 3 aromatic carbocycles. The largest absolute Gasteiger partial charge is 0.457 e. The van der Waals surface area contributed by atoms with Crippen LogP contribution in [0.3, 0.4) is 0 Å². The van der Waals surface area contributed by atoms with E-state index >= 15 is 0 Å². The van der Waals surface area contributed by atoms with Gasteiger partial charge >= 0.3 is 0 Å². The molecule has 1 amide bonds. The third kappa shape index (κ3) is 5.97. The number of hydrogen-bond acceptors (Lipinski definition) is 5. The standard InChI is InChI=1S/C29H21Cl2N3O3S/c1-16-3-8-26-24(11-16)32-28(37-26)18-5-4-17(2)23(14-18)33-29(38)34-27(35)10-7-22-6-9-25(36-22)19-12-20(30)15-21(31)13-19/h3-15H,1-2H3,(H2,33,34,35,38)/b10-7+. The minimum absolute atomic E-state index is 0.154. The van der Waals surface area contributed by atoms with Gasteiger partial charge in [-0.1, -0.05) is 35.3 Å². The van der Waals surface area contributed by atoms with E-state index in [0.717, 1.165) is 39.0 Å². The van der Waals surface area contributed by atoms with Crippen LogP contribution >= 0.6 is 35.4 Å². The molecule has 0 aliphatic rings. The lowest BCUT2D eigenvalue weighted by Crippen LogP contribution is -2.33. The number of amides is 1. The zero-order valence-corrected chi connectivity index (χ0v) is 22.7. The fraction of sp³-hybridized carbons (Fsp3) is 0.0690. The van der Waals surface area contributed by atoms with Crippen LogP contribution in [0.2, 0.25) is 10.0 Å². The number of nitrogens with one attached hydrogen (secondary N) is 2. The lowest BCUT2D eigenvalue weighted by Gasteiger charge is -2.11. The first-order chi connectivity index (χ1) is 18.2. The van der Waals surface area contributed by atoms with Crippen LogP contribution in [0.5, 0.6) is 0 Å². The maximum atomic E-state index is 12.5. The second-order valence-electron chi connectivity index (χ2n) is 8.66. The van der Waals surface area contributed by atoms with Crippen molar-refractivity contribution in [3.05, 3.63) is 99.7 Å². The fourth-order valence-electron chi connectivity index (χ4n) is 3.81. The van der Waals surface area contributed by atoms with Crippen LogP contribution < -0.4 is 10.6 Å². The summed E-state index contributed by atoms with van der Waals surface area (Å²) in [5.41, 5.74) is 5.82. The Hall–Kier alpha value is -3.91. The number of furan rings is 1. The average molecular weight is 562 g/mol. The van der Waals surface area contributed by atoms with Crippen LogP contribution in [-0.2, 0) is 4.79 Å². The van der Waals surface area contributed by atoms with Gasteiger partial charge < -0.3 is 14.2 Å². The summed E-state index contributed by atoms with van der Waals surface area (Å²) in [5.74, 6) is 1.16. The third-order valence-corrected chi connectivity index (χ3v) is 6.33. The molecule has 2 N–H and O–H groups in total. The van der Waals surface area contributed by atoms with Crippen LogP contribution in [0.25, 0.3) is 40.0 Å². The monoisotopic (exact) mass is 561 g/mol. The molecule has 0 radical (unpaired) electrons. The van der Waals surface area contributed by atoms with Crippen molar-refractivity contribution in [1.82, 2.24) is 10.3 Å². The van der Waals surface area contributed by atoms with Gasteiger partial charge in [0.25, 0.3) is 0 Å². The minimum atomic E-state index is -0.408. The zero-order valence-electron chi connectivity index (χ0n) is 20.3. The van der Waals surface area contributed by atoms with Gasteiger partial charge in [0, 0.05) is 32.9 Å². The molecule has 0 unspecified atom stereocenters. The van der Waals surface area contributed by atoms with Crippen molar-refractivity contribution >= 4 is 69.3 Å². The molecular formula is C29H21Cl2N3O3S. The highest BCUT2D eigenvalue weighted by atomic mass is 35.5. The number of anilines is 1. The molecule has 38 heavy (non-hydrogen) atoms. The summed E-state index contributed by atoms with van der Waals surface area (Å²) >= 11 is 17.5. The van der Waals surface area contributed by atoms with E-state index in [9.17, 15) is 4.79 Å². The van der Waals surface area contributed by atoms with Crippen molar-refractivity contribution in [2.24, 2.45) is 0 Å². The van der Waals surface area contributed by atoms with E-state index in [1.807, 2.05) is 50.2 Å². The third-order valence-electron chi connectivity index (χ3n) is 5.69. The van der Waals surface area contributed by atoms with Crippen LogP contribution in [0.15, 0.2) is 81.6 Å². The first kappa shape index (κ1) is 25.7. The summed E-state index contributed by atoms with van der Waals surface area (Å²) in [7, 11) is 0. The number of aromatic nitrogens is 1. The lowest BCUT2D eigenvalue weighted by molar-refractivity contribution is -0.115. The smallest absolute Gasteiger partial charge is 0.250 e. The number of oxazole rings is 1. The van der Waals surface area contributed by atoms with E-state index < -0.39 is 5.91 Å². The van der Waals surface area contributed by atoms with Gasteiger partial charge in [-0.15, -0.1) is 0 Å². The van der Waals surface area contributed by atoms with E-state index in [1.165, 1.54) is 6.08 Å². The molecule has 5 aromatic rings. The number of hydrogen-bond donors (Lipinski definition) is 2. The van der Waals surface area contributed by atoms with Crippen molar-refractivity contribution in [2.75, 3.05) is 5.32 Å². The van der Waals surface area contributed by atoms with E-state index in [2.05, 4.69) is 15.6 Å². The first-order valence-corrected chi connectivity index (χ1v) is 12.7. The fourth-order valence-corrected chi connectivity index (χ4v) is 4.55. The van der Waals surface area contributed by atoms with Crippen molar-refractivity contribution in [1.29, 1.82) is 0 Å². The van der Waals surface area contributed by atoms with Crippen molar-refractivity contribution < 1.29 is 13.6 Å². The molecule has 0 spiro atoms. The molecule has 190 valence electrons. The quantitative estimate of drug-likeness (QED) is 0.166. The molecule has 0 bridgehead atoms. The molecule has 0 saturated heterocycles. The summed E-state index contributed by atoms with van der Waals surface area (Å²) in [6, 6.07) is 20.3. The summed E-state index contributed by atoms with van der Waals surface area (Å²) in [5, 5.41) is 6.89. The summed E-state index contributed by atoms with van der Waals surface area (Å²) < 4.78 is 11.7. The van der Waals surface area contributed by atoms with Gasteiger partial charge in [0.15, 0.2) is 10.7 Å². The van der Waals surface area contributed by atoms with Gasteiger partial charge in [0.1, 0.15) is 17.0 Å². The van der Waals surface area contributed by atoms with Crippen molar-refractivity contribution in [2.45, 2.75) is 13.8 Å². The summed E-state index contributed by atoms with van der Waals surface area (Å²) in [6.45, 7) is 3.95. The Bertz CT molecular complexity index is 1700. The van der Waals surface area contributed by atoms with Crippen molar-refractivity contribution in [3.63, 3.8) is 0 Å². The Labute approximate surface area is 234 Å². The number of rotatable bonds is 5. The molecule has 0 aliphatic heterocycles. The Morgan fingerprint density at radius 3 is 2.50 bits per heavy atom. The highest BCUT2D eigenvalue weighted by Gasteiger charge is 2.12. The molecule has 2 heterocycles. The van der Waals surface area contributed by atoms with Crippen LogP contribution in [0.4, 0.5) is 5.69 Å². The lowest BCUT2D eigenvalue weighted by atomic mass is 10.1. The molecule has 0 fully saturated rings. The molecule has 5 rings (SSSR count). The van der Waals surface area contributed by atoms with E-state index in [0.29, 0.717) is 27.5 Å². The summed E-state index contributed by atoms with van der Waals surface area (Å²) in [6.07, 6.45) is 2.89. The highest BCUT2D eigenvalue weighted by molar-refractivity contribution is 7.80. The molecule has 6 nitrogen and oxygen atoms in total. The molecule has 0 saturated carbocycles. The second kappa shape index (κ2) is 10.8. The van der Waals surface area contributed by atoms with E-state index in [4.69, 9.17) is 44.3 Å². The number of aryl methyl sites for hydroxylation is 2. The average Bonchev–Trinajstić information content (AvgIpc) is 3.50. The Morgan fingerprint density at radius 2 is 1.71 bits per heavy atom. The normalized spacial score (nSPS) is 11.3. The Kier molecular flexibility index (Phi) is 7.33. The number of halogens is 2. The van der Waals surface area contributed by atoms with E-state index in [1.54, 1.807) is 36.4 Å². The van der Waals surface area contributed by atoms with Gasteiger partial charge in [-0.25, -0.2) is 4.98 Å². The van der Waals surface area contributed by atoms with Crippen molar-refractivity contribution in [3.8, 4) is 22.8 Å². The number of carbonyl (C=O) groups is 1. The zero-order chi connectivity index (χ0) is 26.8. The molecular weight excluding hydrogens is 541 g/mol. The number of nitrogens with zero attached hydrogens (tertiary/aromatic N) is 1. The number of benzene rings is 3. The van der Waals surface area contributed by atoms with Crippen LogP contribution in [0, 0.1) is 13.8 Å². The van der Waals surface area contributed by atoms with Gasteiger partial charge in [0.05, 0.1) is 0 Å². The van der Waals surface area contributed by atoms with Gasteiger partial charge in [-0.05, 0) is 97.9 Å².